The van der Waals surface area contributed by atoms with Crippen molar-refractivity contribution in [3.63, 3.8) is 0 Å². The Labute approximate surface area is 172 Å². The lowest BCUT2D eigenvalue weighted by molar-refractivity contribution is -0.130. The Morgan fingerprint density at radius 2 is 1.83 bits per heavy atom. The summed E-state index contributed by atoms with van der Waals surface area (Å²) in [6.07, 6.45) is 0.792. The molecule has 0 aliphatic carbocycles. The van der Waals surface area contributed by atoms with Crippen LogP contribution in [0.25, 0.3) is 0 Å². The Balaban J connectivity index is 1.79. The van der Waals surface area contributed by atoms with Gasteiger partial charge in [0.2, 0.25) is 5.91 Å². The van der Waals surface area contributed by atoms with E-state index in [2.05, 4.69) is 16.0 Å². The van der Waals surface area contributed by atoms with Gasteiger partial charge in [-0.25, -0.2) is 4.79 Å². The van der Waals surface area contributed by atoms with Gasteiger partial charge in [0.25, 0.3) is 11.8 Å². The molecular formula is C20H23N3O5S. The molecule has 0 aliphatic heterocycles. The number of carbonyl (C=O) groups excluding carboxylic acids is 4. The monoisotopic (exact) mass is 417 g/mol. The highest BCUT2D eigenvalue weighted by molar-refractivity contribution is 7.12. The number of rotatable bonds is 9. The van der Waals surface area contributed by atoms with Crippen LogP contribution in [0.2, 0.25) is 0 Å². The van der Waals surface area contributed by atoms with Crippen LogP contribution in [0.3, 0.4) is 0 Å². The minimum atomic E-state index is -0.723. The Morgan fingerprint density at radius 1 is 1.10 bits per heavy atom. The number of nitrogens with one attached hydrogen (secondary N) is 3. The predicted molar refractivity (Wildman–Crippen MR) is 110 cm³/mol. The van der Waals surface area contributed by atoms with Crippen LogP contribution in [0.15, 0.2) is 41.8 Å². The Kier molecular flexibility index (Phi) is 8.35. The van der Waals surface area contributed by atoms with E-state index in [4.69, 9.17) is 4.74 Å². The first-order valence-corrected chi connectivity index (χ1v) is 9.97. The maximum atomic E-state index is 12.1. The molecule has 0 fully saturated rings. The third-order valence-electron chi connectivity index (χ3n) is 3.78. The molecule has 1 aromatic heterocycles. The number of anilines is 1. The molecular weight excluding hydrogens is 394 g/mol. The van der Waals surface area contributed by atoms with Gasteiger partial charge < -0.3 is 20.7 Å². The van der Waals surface area contributed by atoms with E-state index in [1.165, 1.54) is 23.5 Å². The van der Waals surface area contributed by atoms with Crippen molar-refractivity contribution in [2.75, 3.05) is 18.5 Å². The fraction of sp³-hybridized carbons (Fsp3) is 0.300. The van der Waals surface area contributed by atoms with E-state index in [0.29, 0.717) is 17.1 Å². The summed E-state index contributed by atoms with van der Waals surface area (Å²) < 4.78 is 4.96. The molecule has 9 heteroatoms. The minimum Gasteiger partial charge on any atom is -0.452 e. The molecule has 2 aromatic rings. The van der Waals surface area contributed by atoms with Crippen LogP contribution in [0.5, 0.6) is 0 Å². The number of hydrogen-bond acceptors (Lipinski definition) is 6. The lowest BCUT2D eigenvalue weighted by atomic mass is 10.2. The van der Waals surface area contributed by atoms with Crippen LogP contribution in [0.1, 0.15) is 40.3 Å². The Morgan fingerprint density at radius 3 is 2.45 bits per heavy atom. The highest BCUT2D eigenvalue weighted by Gasteiger charge is 2.16. The van der Waals surface area contributed by atoms with Crippen molar-refractivity contribution in [1.82, 2.24) is 10.6 Å². The third-order valence-corrected chi connectivity index (χ3v) is 4.65. The number of benzene rings is 1. The number of ether oxygens (including phenoxy) is 1. The zero-order chi connectivity index (χ0) is 21.2. The van der Waals surface area contributed by atoms with E-state index >= 15 is 0 Å². The van der Waals surface area contributed by atoms with Gasteiger partial charge in [-0.2, -0.15) is 0 Å². The van der Waals surface area contributed by atoms with Crippen LogP contribution in [-0.4, -0.2) is 42.9 Å². The molecule has 0 spiro atoms. The molecule has 0 radical (unpaired) electrons. The smallest absolute Gasteiger partial charge is 0.338 e. The van der Waals surface area contributed by atoms with E-state index < -0.39 is 24.5 Å². The number of amides is 3. The van der Waals surface area contributed by atoms with Gasteiger partial charge >= 0.3 is 5.97 Å². The molecule has 0 saturated heterocycles. The van der Waals surface area contributed by atoms with Crippen molar-refractivity contribution in [2.24, 2.45) is 0 Å². The molecule has 8 nitrogen and oxygen atoms in total. The molecule has 1 atom stereocenters. The summed E-state index contributed by atoms with van der Waals surface area (Å²) in [6, 6.07) is 8.90. The van der Waals surface area contributed by atoms with Crippen LogP contribution >= 0.6 is 11.3 Å². The number of carbonyl (C=O) groups is 4. The van der Waals surface area contributed by atoms with Crippen LogP contribution in [-0.2, 0) is 14.3 Å². The third kappa shape index (κ3) is 7.04. The Hall–Kier alpha value is -3.20. The van der Waals surface area contributed by atoms with Crippen LogP contribution < -0.4 is 16.0 Å². The molecule has 0 saturated carbocycles. The van der Waals surface area contributed by atoms with Gasteiger partial charge in [0, 0.05) is 12.2 Å². The topological polar surface area (TPSA) is 114 Å². The van der Waals surface area contributed by atoms with Gasteiger partial charge in [-0.05, 0) is 49.1 Å². The fourth-order valence-corrected chi connectivity index (χ4v) is 2.87. The SMILES string of the molecule is CCCNC(=O)[C@@H](C)NC(=O)COC(=O)c1ccc(NC(=O)c2cccs2)cc1. The lowest BCUT2D eigenvalue weighted by Crippen LogP contribution is -2.46. The van der Waals surface area contributed by atoms with E-state index in [0.717, 1.165) is 6.42 Å². The first-order chi connectivity index (χ1) is 13.9. The van der Waals surface area contributed by atoms with Crippen molar-refractivity contribution in [3.05, 3.63) is 52.2 Å². The number of esters is 1. The molecule has 2 rings (SSSR count). The first-order valence-electron chi connectivity index (χ1n) is 9.09. The van der Waals surface area contributed by atoms with Crippen molar-refractivity contribution >= 4 is 40.7 Å². The molecule has 0 aliphatic rings. The quantitative estimate of drug-likeness (QED) is 0.541. The summed E-state index contributed by atoms with van der Waals surface area (Å²) in [5.74, 6) is -1.78. The van der Waals surface area contributed by atoms with Gasteiger partial charge in [-0.3, -0.25) is 14.4 Å². The van der Waals surface area contributed by atoms with Crippen LogP contribution in [0.4, 0.5) is 5.69 Å². The minimum absolute atomic E-state index is 0.232. The first kappa shape index (κ1) is 22.1. The molecule has 0 bridgehead atoms. The van der Waals surface area contributed by atoms with Crippen molar-refractivity contribution < 1.29 is 23.9 Å². The summed E-state index contributed by atoms with van der Waals surface area (Å²) in [5, 5.41) is 9.66. The highest BCUT2D eigenvalue weighted by atomic mass is 32.1. The second kappa shape index (κ2) is 11.0. The molecule has 1 heterocycles. The molecule has 3 amide bonds. The zero-order valence-electron chi connectivity index (χ0n) is 16.2. The average Bonchev–Trinajstić information content (AvgIpc) is 3.25. The summed E-state index contributed by atoms with van der Waals surface area (Å²) in [6.45, 7) is 3.50. The summed E-state index contributed by atoms with van der Waals surface area (Å²) >= 11 is 1.33. The summed E-state index contributed by atoms with van der Waals surface area (Å²) in [7, 11) is 0. The average molecular weight is 417 g/mol. The normalized spacial score (nSPS) is 11.2. The van der Waals surface area contributed by atoms with Gasteiger partial charge in [0.15, 0.2) is 6.61 Å². The van der Waals surface area contributed by atoms with E-state index in [1.807, 2.05) is 12.3 Å². The Bertz CT molecular complexity index is 850. The van der Waals surface area contributed by atoms with E-state index in [-0.39, 0.29) is 17.4 Å². The highest BCUT2D eigenvalue weighted by Crippen LogP contribution is 2.14. The van der Waals surface area contributed by atoms with Crippen LogP contribution in [0, 0.1) is 0 Å². The molecule has 154 valence electrons. The van der Waals surface area contributed by atoms with Gasteiger partial charge in [-0.15, -0.1) is 11.3 Å². The second-order valence-corrected chi connectivity index (χ2v) is 7.11. The molecule has 0 unspecified atom stereocenters. The molecule has 3 N–H and O–H groups in total. The lowest BCUT2D eigenvalue weighted by Gasteiger charge is -2.13. The fourth-order valence-electron chi connectivity index (χ4n) is 2.25. The van der Waals surface area contributed by atoms with E-state index in [9.17, 15) is 19.2 Å². The van der Waals surface area contributed by atoms with Gasteiger partial charge in [0.1, 0.15) is 6.04 Å². The maximum absolute atomic E-state index is 12.1. The van der Waals surface area contributed by atoms with Gasteiger partial charge in [-0.1, -0.05) is 13.0 Å². The van der Waals surface area contributed by atoms with Crippen molar-refractivity contribution in [1.29, 1.82) is 0 Å². The molecule has 1 aromatic carbocycles. The number of hydrogen-bond donors (Lipinski definition) is 3. The standard InChI is InChI=1S/C20H23N3O5S/c1-3-10-21-18(25)13(2)22-17(24)12-28-20(27)14-6-8-15(9-7-14)23-19(26)16-5-4-11-29-16/h4-9,11,13H,3,10,12H2,1-2H3,(H,21,25)(H,22,24)(H,23,26)/t13-/m1/s1. The zero-order valence-corrected chi connectivity index (χ0v) is 17.0. The molecule has 29 heavy (non-hydrogen) atoms. The van der Waals surface area contributed by atoms with Gasteiger partial charge in [0.05, 0.1) is 10.4 Å². The largest absolute Gasteiger partial charge is 0.452 e. The predicted octanol–water partition coefficient (Wildman–Crippen LogP) is 2.19. The van der Waals surface area contributed by atoms with E-state index in [1.54, 1.807) is 31.2 Å². The number of thiophene rings is 1. The second-order valence-electron chi connectivity index (χ2n) is 6.17. The van der Waals surface area contributed by atoms with Crippen molar-refractivity contribution in [2.45, 2.75) is 26.3 Å². The van der Waals surface area contributed by atoms with Crippen molar-refractivity contribution in [3.8, 4) is 0 Å². The summed E-state index contributed by atoms with van der Waals surface area (Å²) in [5.41, 5.74) is 0.769. The summed E-state index contributed by atoms with van der Waals surface area (Å²) in [4.78, 5) is 48.2. The maximum Gasteiger partial charge on any atom is 0.338 e.